The number of benzene rings is 4. The molecule has 2 N–H and O–H groups in total. The quantitative estimate of drug-likeness (QED) is 0.0717. The number of hydrogen-bond acceptors (Lipinski definition) is 6. The van der Waals surface area contributed by atoms with Gasteiger partial charge < -0.3 is 29.9 Å². The first kappa shape index (κ1) is 45.3. The summed E-state index contributed by atoms with van der Waals surface area (Å²) >= 11 is 0. The van der Waals surface area contributed by atoms with E-state index in [2.05, 4.69) is 23.8 Å². The van der Waals surface area contributed by atoms with Gasteiger partial charge in [0.05, 0.1) is 14.2 Å². The fourth-order valence-corrected chi connectivity index (χ4v) is 6.56. The first-order chi connectivity index (χ1) is 28.0. The van der Waals surface area contributed by atoms with Crippen molar-refractivity contribution < 1.29 is 46.2 Å². The lowest BCUT2D eigenvalue weighted by Gasteiger charge is -2.30. The molecule has 0 heterocycles. The Balaban J connectivity index is 1.56. The Morgan fingerprint density at radius 3 is 1.22 bits per heavy atom. The molecule has 0 saturated heterocycles. The maximum atomic E-state index is 14.2. The van der Waals surface area contributed by atoms with Crippen LogP contribution in [-0.4, -0.2) is 63.0 Å². The third-order valence-electron chi connectivity index (χ3n) is 9.19. The summed E-state index contributed by atoms with van der Waals surface area (Å²) in [6.45, 7) is 10.8. The van der Waals surface area contributed by atoms with Crippen LogP contribution >= 0.6 is 0 Å². The van der Waals surface area contributed by atoms with E-state index in [0.29, 0.717) is 35.0 Å². The molecule has 0 aliphatic carbocycles. The molecule has 0 bridgehead atoms. The fraction of sp³-hybridized carbons (Fsp3) is 0.289. The second kappa shape index (κ2) is 20.8. The van der Waals surface area contributed by atoms with E-state index < -0.39 is 64.4 Å². The monoisotopic (exact) mass is 816 g/mol. The lowest BCUT2D eigenvalue weighted by Crippen LogP contribution is -2.51. The topological polar surface area (TPSA) is 117 Å². The normalized spacial score (nSPS) is 12.1. The SMILES string of the molecule is C=CCN(C(=O)[C@H](Cc1cc(F)cc(F)c1)NC(=O)CC(C)(C)CC(=O)N[C@@H](Cc1cc(F)cc(F)c1)C(=O)N(CC=C)c1ccc(OC)cc1)c1ccc(OC)cc1. The van der Waals surface area contributed by atoms with E-state index in [9.17, 15) is 36.7 Å². The minimum atomic E-state index is -1.31. The van der Waals surface area contributed by atoms with Crippen molar-refractivity contribution >= 4 is 35.0 Å². The van der Waals surface area contributed by atoms with Crippen LogP contribution in [0.15, 0.2) is 110 Å². The minimum Gasteiger partial charge on any atom is -0.497 e. The Morgan fingerprint density at radius 1 is 0.610 bits per heavy atom. The van der Waals surface area contributed by atoms with Crippen molar-refractivity contribution in [1.82, 2.24) is 10.6 Å². The van der Waals surface area contributed by atoms with E-state index in [1.54, 1.807) is 62.4 Å². The van der Waals surface area contributed by atoms with Gasteiger partial charge in [0.2, 0.25) is 23.6 Å². The smallest absolute Gasteiger partial charge is 0.250 e. The van der Waals surface area contributed by atoms with Crippen molar-refractivity contribution in [2.24, 2.45) is 5.41 Å². The molecule has 0 radical (unpaired) electrons. The molecule has 0 spiro atoms. The molecule has 0 aliphatic heterocycles. The van der Waals surface area contributed by atoms with Crippen molar-refractivity contribution in [3.8, 4) is 11.5 Å². The number of rotatable bonds is 20. The Morgan fingerprint density at radius 2 is 0.932 bits per heavy atom. The number of hydrogen-bond donors (Lipinski definition) is 2. The van der Waals surface area contributed by atoms with Crippen LogP contribution in [0.5, 0.6) is 11.5 Å². The number of anilines is 2. The maximum absolute atomic E-state index is 14.2. The second-order valence-electron chi connectivity index (χ2n) is 14.6. The van der Waals surface area contributed by atoms with Crippen molar-refractivity contribution in [1.29, 1.82) is 0 Å². The molecule has 0 unspecified atom stereocenters. The summed E-state index contributed by atoms with van der Waals surface area (Å²) < 4.78 is 67.4. The summed E-state index contributed by atoms with van der Waals surface area (Å²) in [5, 5.41) is 5.41. The van der Waals surface area contributed by atoms with Crippen LogP contribution in [-0.2, 0) is 32.0 Å². The summed E-state index contributed by atoms with van der Waals surface area (Å²) in [7, 11) is 2.98. The first-order valence-corrected chi connectivity index (χ1v) is 18.7. The predicted molar refractivity (Wildman–Crippen MR) is 218 cm³/mol. The summed E-state index contributed by atoms with van der Waals surface area (Å²) in [6.07, 6.45) is 1.83. The van der Waals surface area contributed by atoms with E-state index in [1.807, 2.05) is 0 Å². The van der Waals surface area contributed by atoms with Crippen molar-refractivity contribution in [2.75, 3.05) is 37.1 Å². The van der Waals surface area contributed by atoms with Crippen LogP contribution in [0, 0.1) is 28.7 Å². The van der Waals surface area contributed by atoms with Gasteiger partial charge in [-0.15, -0.1) is 13.2 Å². The Kier molecular flexibility index (Phi) is 16.0. The lowest BCUT2D eigenvalue weighted by molar-refractivity contribution is -0.131. The highest BCUT2D eigenvalue weighted by Gasteiger charge is 2.33. The molecule has 10 nitrogen and oxygen atoms in total. The average molecular weight is 817 g/mol. The molecule has 59 heavy (non-hydrogen) atoms. The van der Waals surface area contributed by atoms with Crippen LogP contribution in [0.1, 0.15) is 37.8 Å². The van der Waals surface area contributed by atoms with Gasteiger partial charge in [-0.05, 0) is 89.3 Å². The number of amides is 4. The van der Waals surface area contributed by atoms with Gasteiger partial charge in [-0.25, -0.2) is 17.6 Å². The largest absolute Gasteiger partial charge is 0.497 e. The number of carbonyl (C=O) groups is 4. The molecule has 4 aromatic carbocycles. The highest BCUT2D eigenvalue weighted by Crippen LogP contribution is 2.27. The van der Waals surface area contributed by atoms with Crippen LogP contribution in [0.4, 0.5) is 28.9 Å². The molecule has 4 aromatic rings. The minimum absolute atomic E-state index is 0.0333. The molecular weight excluding hydrogens is 769 g/mol. The van der Waals surface area contributed by atoms with Gasteiger partial charge in [0.15, 0.2) is 0 Å². The lowest BCUT2D eigenvalue weighted by atomic mass is 9.84. The Labute approximate surface area is 341 Å². The number of methoxy groups -OCH3 is 2. The summed E-state index contributed by atoms with van der Waals surface area (Å²) in [5.41, 5.74) is 0.0326. The molecule has 4 rings (SSSR count). The van der Waals surface area contributed by atoms with Crippen molar-refractivity contribution in [2.45, 2.75) is 51.6 Å². The van der Waals surface area contributed by atoms with Crippen LogP contribution in [0.3, 0.4) is 0 Å². The zero-order chi connectivity index (χ0) is 43.3. The molecule has 0 fully saturated rings. The van der Waals surface area contributed by atoms with Crippen molar-refractivity contribution in [3.05, 3.63) is 145 Å². The third kappa shape index (κ3) is 13.3. The zero-order valence-corrected chi connectivity index (χ0v) is 33.4. The van der Waals surface area contributed by atoms with E-state index >= 15 is 0 Å². The van der Waals surface area contributed by atoms with E-state index in [4.69, 9.17) is 9.47 Å². The summed E-state index contributed by atoms with van der Waals surface area (Å²) in [6, 6.07) is 16.2. The molecule has 0 saturated carbocycles. The molecule has 0 aliphatic rings. The maximum Gasteiger partial charge on any atom is 0.250 e. The number of nitrogens with zero attached hydrogens (tertiary/aromatic N) is 2. The second-order valence-corrected chi connectivity index (χ2v) is 14.6. The summed E-state index contributed by atoms with van der Waals surface area (Å²) in [4.78, 5) is 58.5. The predicted octanol–water partition coefficient (Wildman–Crippen LogP) is 7.26. The first-order valence-electron chi connectivity index (χ1n) is 18.7. The summed E-state index contributed by atoms with van der Waals surface area (Å²) in [5.74, 6) is -4.86. The van der Waals surface area contributed by atoms with Gasteiger partial charge >= 0.3 is 0 Å². The van der Waals surface area contributed by atoms with Gasteiger partial charge in [-0.2, -0.15) is 0 Å². The number of nitrogens with one attached hydrogen (secondary N) is 2. The van der Waals surface area contributed by atoms with E-state index in [1.165, 1.54) is 36.2 Å². The van der Waals surface area contributed by atoms with Crippen LogP contribution in [0.2, 0.25) is 0 Å². The Bertz CT molecular complexity index is 1940. The molecule has 4 amide bonds. The molecule has 14 heteroatoms. The molecular formula is C45H48F4N4O6. The highest BCUT2D eigenvalue weighted by molar-refractivity contribution is 6.01. The average Bonchev–Trinajstić information content (AvgIpc) is 3.17. The third-order valence-corrected chi connectivity index (χ3v) is 9.19. The van der Waals surface area contributed by atoms with Crippen LogP contribution in [0.25, 0.3) is 0 Å². The van der Waals surface area contributed by atoms with Crippen molar-refractivity contribution in [3.63, 3.8) is 0 Å². The van der Waals surface area contributed by atoms with Crippen LogP contribution < -0.4 is 29.9 Å². The Hall–Kier alpha value is -6.44. The molecule has 0 aromatic heterocycles. The van der Waals surface area contributed by atoms with Gasteiger partial charge in [0.25, 0.3) is 0 Å². The highest BCUT2D eigenvalue weighted by atomic mass is 19.1. The number of carbonyl (C=O) groups excluding carboxylic acids is 4. The van der Waals surface area contributed by atoms with Gasteiger partial charge in [0, 0.05) is 62.3 Å². The number of ether oxygens (including phenoxy) is 2. The van der Waals surface area contributed by atoms with Gasteiger partial charge in [-0.1, -0.05) is 26.0 Å². The number of halogens is 4. The fourth-order valence-electron chi connectivity index (χ4n) is 6.56. The molecule has 312 valence electrons. The molecule has 2 atom stereocenters. The van der Waals surface area contributed by atoms with E-state index in [0.717, 1.165) is 24.3 Å². The van der Waals surface area contributed by atoms with E-state index in [-0.39, 0.29) is 49.9 Å². The zero-order valence-electron chi connectivity index (χ0n) is 33.4. The van der Waals surface area contributed by atoms with Gasteiger partial charge in [-0.3, -0.25) is 19.2 Å². The van der Waals surface area contributed by atoms with Gasteiger partial charge in [0.1, 0.15) is 46.9 Å². The standard InChI is InChI=1S/C45H48F4N4O6/c1-7-17-52(35-9-13-37(58-5)14-10-35)43(56)39(23-29-19-31(46)25-32(47)20-29)50-41(54)27-45(3,4)28-42(55)51-40(24-30-21-33(48)26-34(49)22-30)44(57)53(18-8-2)36-11-15-38(59-6)16-12-36/h7-16,19-22,25-26,39-40H,1-2,17-18,23-24,27-28H2,3-6H3,(H,50,54)(H,51,55)/t39-,40-/m0/s1.